The Hall–Kier alpha value is -5.45. The molecule has 2 unspecified atom stereocenters. The van der Waals surface area contributed by atoms with Gasteiger partial charge in [0.25, 0.3) is 23.6 Å². The molecule has 0 aliphatic carbocycles. The standard InChI is InChI=1S/C41H29Cl7N8O6/c1-19(57)36(55-53-30-13-3-7-23(32(30)45)38(59)51-28-11-5-9-25(43)34(28)47)40(61)49-22-15-16-27(21(17-22)18-42)50-41(62)37(20(2)58)56-54-31-14-4-8-24(33(31)46)39(60)52-29-12-6-10-26(44)35(29)48/h3-17,36-37H,18H2,1-2H3,(H,49,61)(H,50,62)(H,51,59)(H,52,60). The number of nitrogens with one attached hydrogen (secondary N) is 4. The van der Waals surface area contributed by atoms with E-state index in [0.29, 0.717) is 5.56 Å². The minimum Gasteiger partial charge on any atom is -0.324 e. The first-order chi connectivity index (χ1) is 29.5. The fourth-order valence-electron chi connectivity index (χ4n) is 5.32. The molecule has 2 atom stereocenters. The quantitative estimate of drug-likeness (QED) is 0.0457. The number of Topliss-reactive ketones (excluding diaryl/α,β-unsaturated/α-hetero) is 2. The van der Waals surface area contributed by atoms with Crippen LogP contribution in [0.15, 0.2) is 111 Å². The first-order valence-corrected chi connectivity index (χ1v) is 20.5. The summed E-state index contributed by atoms with van der Waals surface area (Å²) in [4.78, 5) is 77.8. The van der Waals surface area contributed by atoms with E-state index in [4.69, 9.17) is 81.2 Å². The molecule has 0 spiro atoms. The van der Waals surface area contributed by atoms with Crippen LogP contribution in [0.5, 0.6) is 0 Å². The molecule has 0 aromatic heterocycles. The van der Waals surface area contributed by atoms with E-state index < -0.39 is 47.3 Å². The van der Waals surface area contributed by atoms with Crippen LogP contribution in [0.25, 0.3) is 0 Å². The van der Waals surface area contributed by atoms with Gasteiger partial charge in [0.2, 0.25) is 12.1 Å². The van der Waals surface area contributed by atoms with Crippen molar-refractivity contribution in [2.75, 3.05) is 21.3 Å². The van der Waals surface area contributed by atoms with Crippen molar-refractivity contribution in [3.63, 3.8) is 0 Å². The number of benzene rings is 5. The molecular formula is C41H29Cl7N8O6. The second kappa shape index (κ2) is 21.6. The van der Waals surface area contributed by atoms with E-state index in [-0.39, 0.29) is 81.3 Å². The molecular weight excluding hydrogens is 949 g/mol. The number of amides is 4. The molecule has 0 heterocycles. The molecule has 5 rings (SSSR count). The fourth-order valence-corrected chi connectivity index (χ4v) is 6.73. The average Bonchev–Trinajstić information content (AvgIpc) is 3.22. The third-order valence-electron chi connectivity index (χ3n) is 8.45. The Balaban J connectivity index is 1.27. The van der Waals surface area contributed by atoms with E-state index in [2.05, 4.69) is 41.7 Å². The summed E-state index contributed by atoms with van der Waals surface area (Å²) in [5.74, 6) is -4.53. The molecule has 14 nitrogen and oxygen atoms in total. The molecule has 5 aromatic carbocycles. The molecule has 4 N–H and O–H groups in total. The van der Waals surface area contributed by atoms with Crippen LogP contribution in [0.4, 0.5) is 34.1 Å². The minimum absolute atomic E-state index is 0.000622. The number of anilines is 4. The third-order valence-corrected chi connectivity index (χ3v) is 11.2. The molecule has 62 heavy (non-hydrogen) atoms. The maximum absolute atomic E-state index is 13.4. The predicted octanol–water partition coefficient (Wildman–Crippen LogP) is 12.2. The number of carbonyl (C=O) groups is 6. The molecule has 0 radical (unpaired) electrons. The van der Waals surface area contributed by atoms with Gasteiger partial charge in [-0.2, -0.15) is 20.5 Å². The summed E-state index contributed by atoms with van der Waals surface area (Å²) < 4.78 is 0. The highest BCUT2D eigenvalue weighted by molar-refractivity contribution is 6.45. The molecule has 21 heteroatoms. The largest absolute Gasteiger partial charge is 0.324 e. The topological polar surface area (TPSA) is 200 Å². The van der Waals surface area contributed by atoms with Crippen molar-refractivity contribution >= 4 is 151 Å². The smallest absolute Gasteiger partial charge is 0.258 e. The lowest BCUT2D eigenvalue weighted by molar-refractivity contribution is -0.127. The van der Waals surface area contributed by atoms with Crippen molar-refractivity contribution in [1.29, 1.82) is 0 Å². The van der Waals surface area contributed by atoms with Crippen LogP contribution in [0.2, 0.25) is 30.1 Å². The first-order valence-electron chi connectivity index (χ1n) is 17.7. The number of halogens is 7. The SMILES string of the molecule is CC(=O)C(N=Nc1cccc(C(=O)Nc2cccc(Cl)c2Cl)c1Cl)C(=O)Nc1ccc(NC(=O)C(N=Nc2cccc(C(=O)Nc3cccc(Cl)c3Cl)c2Cl)C(C)=O)c(CCl)c1. The van der Waals surface area contributed by atoms with E-state index >= 15 is 0 Å². The second-order valence-electron chi connectivity index (χ2n) is 12.8. The summed E-state index contributed by atoms with van der Waals surface area (Å²) in [6.07, 6.45) is 0. The molecule has 0 fully saturated rings. The summed E-state index contributed by atoms with van der Waals surface area (Å²) in [5.41, 5.74) is 1.10. The molecule has 0 saturated carbocycles. The summed E-state index contributed by atoms with van der Waals surface area (Å²) in [5, 5.41) is 26.7. The van der Waals surface area contributed by atoms with E-state index in [0.717, 1.165) is 13.8 Å². The highest BCUT2D eigenvalue weighted by atomic mass is 35.5. The molecule has 0 aliphatic rings. The zero-order chi connectivity index (χ0) is 45.2. The van der Waals surface area contributed by atoms with Gasteiger partial charge in [0.15, 0.2) is 11.6 Å². The Morgan fingerprint density at radius 2 is 0.952 bits per heavy atom. The third kappa shape index (κ3) is 11.7. The highest BCUT2D eigenvalue weighted by Crippen LogP contribution is 2.35. The number of azo groups is 2. The van der Waals surface area contributed by atoms with Gasteiger partial charge in [0, 0.05) is 17.3 Å². The Labute approximate surface area is 388 Å². The zero-order valence-electron chi connectivity index (χ0n) is 31.9. The summed E-state index contributed by atoms with van der Waals surface area (Å²) in [6.45, 7) is 2.27. The van der Waals surface area contributed by atoms with Gasteiger partial charge in [0.1, 0.15) is 11.4 Å². The van der Waals surface area contributed by atoms with E-state index in [9.17, 15) is 28.8 Å². The number of hydrogen-bond acceptors (Lipinski definition) is 10. The lowest BCUT2D eigenvalue weighted by Gasteiger charge is -2.15. The van der Waals surface area contributed by atoms with Gasteiger partial charge < -0.3 is 21.3 Å². The number of hydrogen-bond donors (Lipinski definition) is 4. The van der Waals surface area contributed by atoms with Gasteiger partial charge >= 0.3 is 0 Å². The van der Waals surface area contributed by atoms with Crippen LogP contribution in [0, 0.1) is 0 Å². The maximum atomic E-state index is 13.4. The van der Waals surface area contributed by atoms with E-state index in [1.165, 1.54) is 54.6 Å². The van der Waals surface area contributed by atoms with Crippen molar-refractivity contribution in [2.24, 2.45) is 20.5 Å². The van der Waals surface area contributed by atoms with E-state index in [1.54, 1.807) is 36.4 Å². The lowest BCUT2D eigenvalue weighted by Crippen LogP contribution is -2.32. The number of alkyl halides is 1. The fraction of sp³-hybridized carbons (Fsp3) is 0.122. The van der Waals surface area contributed by atoms with Crippen LogP contribution in [0.1, 0.15) is 40.1 Å². The first kappa shape index (κ1) is 47.6. The summed E-state index contributed by atoms with van der Waals surface area (Å²) >= 11 is 43.6. The molecule has 0 aliphatic heterocycles. The van der Waals surface area contributed by atoms with Gasteiger partial charge in [-0.1, -0.05) is 93.9 Å². The molecule has 4 amide bonds. The molecule has 0 saturated heterocycles. The van der Waals surface area contributed by atoms with Gasteiger partial charge in [-0.05, 0) is 86.1 Å². The van der Waals surface area contributed by atoms with Crippen LogP contribution in [-0.2, 0) is 25.1 Å². The average molecular weight is 978 g/mol. The summed E-state index contributed by atoms with van der Waals surface area (Å²) in [7, 11) is 0. The number of carbonyl (C=O) groups excluding carboxylic acids is 6. The molecule has 0 bridgehead atoms. The molecule has 5 aromatic rings. The van der Waals surface area contributed by atoms with Gasteiger partial charge in [0.05, 0.1) is 52.6 Å². The van der Waals surface area contributed by atoms with Crippen LogP contribution >= 0.6 is 81.2 Å². The lowest BCUT2D eigenvalue weighted by atomic mass is 10.1. The van der Waals surface area contributed by atoms with Crippen molar-refractivity contribution in [2.45, 2.75) is 31.8 Å². The minimum atomic E-state index is -1.65. The van der Waals surface area contributed by atoms with Crippen molar-refractivity contribution in [3.05, 3.63) is 138 Å². The van der Waals surface area contributed by atoms with Crippen LogP contribution < -0.4 is 21.3 Å². The normalized spacial score (nSPS) is 12.1. The Kier molecular flexibility index (Phi) is 16.6. The number of nitrogens with zero attached hydrogens (tertiary/aromatic N) is 4. The van der Waals surface area contributed by atoms with Crippen molar-refractivity contribution < 1.29 is 28.8 Å². The second-order valence-corrected chi connectivity index (χ2v) is 15.4. The Morgan fingerprint density at radius 1 is 0.516 bits per heavy atom. The van der Waals surface area contributed by atoms with Crippen molar-refractivity contribution in [1.82, 2.24) is 0 Å². The Bertz CT molecular complexity index is 2680. The Morgan fingerprint density at radius 3 is 1.39 bits per heavy atom. The number of rotatable bonds is 15. The van der Waals surface area contributed by atoms with Gasteiger partial charge in [-0.15, -0.1) is 11.6 Å². The van der Waals surface area contributed by atoms with Gasteiger partial charge in [-0.3, -0.25) is 28.8 Å². The summed E-state index contributed by atoms with van der Waals surface area (Å²) in [6, 6.07) is 19.0. The van der Waals surface area contributed by atoms with E-state index in [1.807, 2.05) is 0 Å². The zero-order valence-corrected chi connectivity index (χ0v) is 37.2. The van der Waals surface area contributed by atoms with Crippen LogP contribution in [-0.4, -0.2) is 47.3 Å². The predicted molar refractivity (Wildman–Crippen MR) is 243 cm³/mol. The molecule has 318 valence electrons. The van der Waals surface area contributed by atoms with Crippen LogP contribution in [0.3, 0.4) is 0 Å². The highest BCUT2D eigenvalue weighted by Gasteiger charge is 2.27. The van der Waals surface area contributed by atoms with Crippen molar-refractivity contribution in [3.8, 4) is 0 Å². The number of ketones is 2. The van der Waals surface area contributed by atoms with Gasteiger partial charge in [-0.25, -0.2) is 0 Å². The monoisotopic (exact) mass is 974 g/mol. The maximum Gasteiger partial charge on any atom is 0.258 e.